The molecule has 0 amide bonds. The molecular weight excluding hydrogens is 288 g/mol. The minimum absolute atomic E-state index is 0.279. The Morgan fingerprint density at radius 3 is 2.63 bits per heavy atom. The average molecular weight is 299 g/mol. The van der Waals surface area contributed by atoms with Gasteiger partial charge < -0.3 is 4.74 Å². The van der Waals surface area contributed by atoms with Crippen molar-refractivity contribution in [1.29, 1.82) is 0 Å². The van der Waals surface area contributed by atoms with Crippen LogP contribution in [0.1, 0.15) is 0 Å². The highest BCUT2D eigenvalue weighted by molar-refractivity contribution is 7.92. The number of para-hydroxylation sites is 1. The van der Waals surface area contributed by atoms with Crippen molar-refractivity contribution in [3.63, 3.8) is 0 Å². The molecule has 2 aromatic rings. The summed E-state index contributed by atoms with van der Waals surface area (Å²) in [7, 11) is -3.39. The highest BCUT2D eigenvalue weighted by atomic mass is 35.5. The van der Waals surface area contributed by atoms with E-state index >= 15 is 0 Å². The molecule has 1 aromatic carbocycles. The van der Waals surface area contributed by atoms with Gasteiger partial charge in [0.1, 0.15) is 5.75 Å². The molecule has 0 saturated carbocycles. The Morgan fingerprint density at radius 1 is 1.21 bits per heavy atom. The molecule has 1 aromatic heterocycles. The fourth-order valence-corrected chi connectivity index (χ4v) is 2.13. The van der Waals surface area contributed by atoms with E-state index in [0.29, 0.717) is 16.5 Å². The van der Waals surface area contributed by atoms with Crippen molar-refractivity contribution in [2.24, 2.45) is 0 Å². The summed E-state index contributed by atoms with van der Waals surface area (Å²) in [6.45, 7) is 0. The topological polar surface area (TPSA) is 68.3 Å². The molecule has 100 valence electrons. The van der Waals surface area contributed by atoms with Crippen LogP contribution in [0.2, 0.25) is 5.02 Å². The Kier molecular flexibility index (Phi) is 3.92. The second kappa shape index (κ2) is 5.46. The van der Waals surface area contributed by atoms with E-state index in [2.05, 4.69) is 9.71 Å². The lowest BCUT2D eigenvalue weighted by atomic mass is 10.3. The number of nitrogens with zero attached hydrogens (tertiary/aromatic N) is 1. The fourth-order valence-electron chi connectivity index (χ4n) is 1.39. The van der Waals surface area contributed by atoms with Crippen LogP contribution < -0.4 is 9.46 Å². The maximum Gasteiger partial charge on any atom is 0.229 e. The third-order valence-corrected chi connectivity index (χ3v) is 3.04. The lowest BCUT2D eigenvalue weighted by molar-refractivity contribution is 0.482. The van der Waals surface area contributed by atoms with Crippen LogP contribution in [0.25, 0.3) is 0 Å². The molecule has 0 aliphatic heterocycles. The van der Waals surface area contributed by atoms with E-state index in [9.17, 15) is 8.42 Å². The first-order valence-electron chi connectivity index (χ1n) is 5.30. The predicted molar refractivity (Wildman–Crippen MR) is 74.2 cm³/mol. The number of sulfonamides is 1. The van der Waals surface area contributed by atoms with Crippen LogP contribution in [0.15, 0.2) is 42.7 Å². The smallest absolute Gasteiger partial charge is 0.229 e. The van der Waals surface area contributed by atoms with Gasteiger partial charge in [0.15, 0.2) is 5.75 Å². The SMILES string of the molecule is CS(=O)(=O)Nc1ccncc1Oc1ccccc1Cl. The maximum atomic E-state index is 11.3. The first-order valence-corrected chi connectivity index (χ1v) is 7.57. The van der Waals surface area contributed by atoms with Crippen LogP contribution in [0, 0.1) is 0 Å². The Labute approximate surface area is 116 Å². The Balaban J connectivity index is 2.33. The zero-order valence-corrected chi connectivity index (χ0v) is 11.6. The molecule has 0 atom stereocenters. The van der Waals surface area contributed by atoms with Crippen LogP contribution in [0.3, 0.4) is 0 Å². The Hall–Kier alpha value is -1.79. The number of rotatable bonds is 4. The van der Waals surface area contributed by atoms with Crippen molar-refractivity contribution in [2.45, 2.75) is 0 Å². The van der Waals surface area contributed by atoms with Crippen LogP contribution in [-0.2, 0) is 10.0 Å². The Bertz CT molecular complexity index is 689. The second-order valence-corrected chi connectivity index (χ2v) is 5.93. The number of nitrogens with one attached hydrogen (secondary N) is 1. The van der Waals surface area contributed by atoms with Gasteiger partial charge in [0.2, 0.25) is 10.0 Å². The third-order valence-electron chi connectivity index (χ3n) is 2.14. The van der Waals surface area contributed by atoms with Gasteiger partial charge in [0, 0.05) is 6.20 Å². The van der Waals surface area contributed by atoms with Crippen molar-refractivity contribution in [3.05, 3.63) is 47.7 Å². The predicted octanol–water partition coefficient (Wildman–Crippen LogP) is 2.90. The standard InChI is InChI=1S/C12H11ClN2O3S/c1-19(16,17)15-10-6-7-14-8-12(10)18-11-5-3-2-4-9(11)13/h2-8H,1H3,(H,14,15). The maximum absolute atomic E-state index is 11.3. The van der Waals surface area contributed by atoms with Crippen LogP contribution in [0.5, 0.6) is 11.5 Å². The van der Waals surface area contributed by atoms with Crippen molar-refractivity contribution >= 4 is 27.3 Å². The molecule has 0 aliphatic rings. The average Bonchev–Trinajstić information content (AvgIpc) is 2.33. The van der Waals surface area contributed by atoms with Crippen molar-refractivity contribution in [1.82, 2.24) is 4.98 Å². The molecule has 0 saturated heterocycles. The van der Waals surface area contributed by atoms with Gasteiger partial charge in [-0.05, 0) is 18.2 Å². The number of halogens is 1. The highest BCUT2D eigenvalue weighted by Crippen LogP contribution is 2.32. The van der Waals surface area contributed by atoms with E-state index in [1.807, 2.05) is 0 Å². The van der Waals surface area contributed by atoms with Gasteiger partial charge >= 0.3 is 0 Å². The number of pyridine rings is 1. The lowest BCUT2D eigenvalue weighted by Gasteiger charge is -2.11. The summed E-state index contributed by atoms with van der Waals surface area (Å²) in [6.07, 6.45) is 3.94. The molecule has 1 heterocycles. The molecule has 0 aliphatic carbocycles. The molecule has 19 heavy (non-hydrogen) atoms. The number of hydrogen-bond acceptors (Lipinski definition) is 4. The minimum atomic E-state index is -3.39. The number of hydrogen-bond donors (Lipinski definition) is 1. The van der Waals surface area contributed by atoms with Crippen molar-refractivity contribution in [2.75, 3.05) is 11.0 Å². The van der Waals surface area contributed by atoms with Crippen molar-refractivity contribution < 1.29 is 13.2 Å². The minimum Gasteiger partial charge on any atom is -0.452 e. The highest BCUT2D eigenvalue weighted by Gasteiger charge is 2.10. The van der Waals surface area contributed by atoms with E-state index in [0.717, 1.165) is 6.26 Å². The Morgan fingerprint density at radius 2 is 1.95 bits per heavy atom. The molecule has 5 nitrogen and oxygen atoms in total. The molecular formula is C12H11ClN2O3S. The molecule has 7 heteroatoms. The summed E-state index contributed by atoms with van der Waals surface area (Å²) in [6, 6.07) is 8.40. The number of ether oxygens (including phenoxy) is 1. The zero-order valence-electron chi connectivity index (χ0n) is 10.00. The van der Waals surface area contributed by atoms with Gasteiger partial charge in [-0.1, -0.05) is 23.7 Å². The lowest BCUT2D eigenvalue weighted by Crippen LogP contribution is -2.10. The monoisotopic (exact) mass is 298 g/mol. The molecule has 1 N–H and O–H groups in total. The molecule has 0 fully saturated rings. The van der Waals surface area contributed by atoms with Gasteiger partial charge in [0.25, 0.3) is 0 Å². The van der Waals surface area contributed by atoms with E-state index in [-0.39, 0.29) is 5.75 Å². The summed E-state index contributed by atoms with van der Waals surface area (Å²) in [5.41, 5.74) is 0.303. The van der Waals surface area contributed by atoms with Gasteiger partial charge in [-0.25, -0.2) is 8.42 Å². The molecule has 0 bridgehead atoms. The van der Waals surface area contributed by atoms with Crippen LogP contribution in [0.4, 0.5) is 5.69 Å². The summed E-state index contributed by atoms with van der Waals surface area (Å²) in [4.78, 5) is 3.90. The third kappa shape index (κ3) is 3.84. The van der Waals surface area contributed by atoms with Gasteiger partial charge in [-0.15, -0.1) is 0 Å². The van der Waals surface area contributed by atoms with Gasteiger partial charge in [-0.2, -0.15) is 0 Å². The molecule has 0 spiro atoms. The van der Waals surface area contributed by atoms with E-state index in [1.165, 1.54) is 18.5 Å². The van der Waals surface area contributed by atoms with E-state index in [4.69, 9.17) is 16.3 Å². The van der Waals surface area contributed by atoms with Crippen LogP contribution >= 0.6 is 11.6 Å². The van der Waals surface area contributed by atoms with Crippen LogP contribution in [-0.4, -0.2) is 19.7 Å². The summed E-state index contributed by atoms with van der Waals surface area (Å²) in [5.74, 6) is 0.703. The van der Waals surface area contributed by atoms with Crippen molar-refractivity contribution in [3.8, 4) is 11.5 Å². The van der Waals surface area contributed by atoms with Gasteiger partial charge in [-0.3, -0.25) is 9.71 Å². The summed E-state index contributed by atoms with van der Waals surface area (Å²) >= 11 is 5.98. The molecule has 2 rings (SSSR count). The first-order chi connectivity index (χ1) is 8.96. The number of benzene rings is 1. The van der Waals surface area contributed by atoms with E-state index in [1.54, 1.807) is 24.3 Å². The largest absolute Gasteiger partial charge is 0.452 e. The molecule has 0 unspecified atom stereocenters. The summed E-state index contributed by atoms with van der Waals surface area (Å²) < 4.78 is 30.4. The molecule has 0 radical (unpaired) electrons. The number of anilines is 1. The second-order valence-electron chi connectivity index (χ2n) is 3.78. The number of aromatic nitrogens is 1. The van der Waals surface area contributed by atoms with E-state index < -0.39 is 10.0 Å². The zero-order chi connectivity index (χ0) is 13.9. The first kappa shape index (κ1) is 13.6. The quantitative estimate of drug-likeness (QED) is 0.942. The normalized spacial score (nSPS) is 11.1. The van der Waals surface area contributed by atoms with Gasteiger partial charge in [0.05, 0.1) is 23.2 Å². The fraction of sp³-hybridized carbons (Fsp3) is 0.0833. The summed E-state index contributed by atoms with van der Waals surface area (Å²) in [5, 5.41) is 0.427.